The first-order valence-electron chi connectivity index (χ1n) is 4.54. The lowest BCUT2D eigenvalue weighted by Gasteiger charge is -2.02. The van der Waals surface area contributed by atoms with Gasteiger partial charge < -0.3 is 16.2 Å². The number of ether oxygens (including phenoxy) is 1. The van der Waals surface area contributed by atoms with E-state index in [1.807, 2.05) is 0 Å². The van der Waals surface area contributed by atoms with E-state index >= 15 is 0 Å². The van der Waals surface area contributed by atoms with Crippen LogP contribution >= 0.6 is 11.6 Å². The summed E-state index contributed by atoms with van der Waals surface area (Å²) in [6, 6.07) is 4.73. The van der Waals surface area contributed by atoms with Crippen LogP contribution in [0.3, 0.4) is 0 Å². The molecule has 0 radical (unpaired) electrons. The lowest BCUT2D eigenvalue weighted by Crippen LogP contribution is -2.21. The van der Waals surface area contributed by atoms with Crippen LogP contribution in [0.1, 0.15) is 15.9 Å². The number of hydrogen-bond donors (Lipinski definition) is 2. The van der Waals surface area contributed by atoms with Crippen LogP contribution in [0.25, 0.3) is 0 Å². The molecule has 0 saturated heterocycles. The summed E-state index contributed by atoms with van der Waals surface area (Å²) in [6.07, 6.45) is 1.41. The molecule has 7 heteroatoms. The van der Waals surface area contributed by atoms with Gasteiger partial charge in [0.15, 0.2) is 0 Å². The van der Waals surface area contributed by atoms with Gasteiger partial charge >= 0.3 is 5.97 Å². The van der Waals surface area contributed by atoms with Gasteiger partial charge in [-0.1, -0.05) is 17.7 Å². The summed E-state index contributed by atoms with van der Waals surface area (Å²) in [5, 5.41) is 7.31. The van der Waals surface area contributed by atoms with Crippen molar-refractivity contribution in [3.8, 4) is 0 Å². The van der Waals surface area contributed by atoms with E-state index < -0.39 is 5.97 Å². The minimum atomic E-state index is -0.497. The Hall–Kier alpha value is -2.08. The molecule has 0 atom stereocenters. The summed E-state index contributed by atoms with van der Waals surface area (Å²) in [5.41, 5.74) is 11.1. The van der Waals surface area contributed by atoms with Gasteiger partial charge in [0.05, 0.1) is 23.9 Å². The highest BCUT2D eigenvalue weighted by molar-refractivity contribution is 6.33. The molecule has 0 unspecified atom stereocenters. The van der Waals surface area contributed by atoms with Gasteiger partial charge in [-0.2, -0.15) is 5.10 Å². The maximum absolute atomic E-state index is 11.3. The largest absolute Gasteiger partial charge is 0.465 e. The van der Waals surface area contributed by atoms with Crippen molar-refractivity contribution in [2.24, 2.45) is 21.7 Å². The Bertz CT molecular complexity index is 481. The van der Waals surface area contributed by atoms with E-state index in [1.165, 1.54) is 19.4 Å². The molecule has 0 aromatic heterocycles. The highest BCUT2D eigenvalue weighted by Gasteiger charge is 2.09. The summed E-state index contributed by atoms with van der Waals surface area (Å²) in [4.78, 5) is 11.3. The van der Waals surface area contributed by atoms with Gasteiger partial charge in [-0.25, -0.2) is 4.79 Å². The quantitative estimate of drug-likeness (QED) is 0.359. The molecule has 1 rings (SSSR count). The number of carbonyl (C=O) groups excluding carboxylic acids is 1. The van der Waals surface area contributed by atoms with Gasteiger partial charge in [0.25, 0.3) is 0 Å². The Morgan fingerprint density at radius 2 is 2.18 bits per heavy atom. The highest BCUT2D eigenvalue weighted by atomic mass is 35.5. The fraction of sp³-hybridized carbons (Fsp3) is 0.100. The minimum Gasteiger partial charge on any atom is -0.465 e. The number of esters is 1. The maximum atomic E-state index is 11.3. The van der Waals surface area contributed by atoms with Crippen LogP contribution in [0.5, 0.6) is 0 Å². The molecule has 0 fully saturated rings. The fourth-order valence-corrected chi connectivity index (χ4v) is 1.32. The zero-order valence-corrected chi connectivity index (χ0v) is 9.81. The highest BCUT2D eigenvalue weighted by Crippen LogP contribution is 2.17. The van der Waals surface area contributed by atoms with Crippen LogP contribution in [-0.2, 0) is 4.74 Å². The third kappa shape index (κ3) is 3.76. The van der Waals surface area contributed by atoms with Gasteiger partial charge in [-0.15, -0.1) is 5.10 Å². The first kappa shape index (κ1) is 13.0. The first-order chi connectivity index (χ1) is 8.04. The molecule has 0 aliphatic heterocycles. The summed E-state index contributed by atoms with van der Waals surface area (Å²) in [5.74, 6) is -0.638. The Balaban J connectivity index is 2.93. The molecule has 0 amide bonds. The van der Waals surface area contributed by atoms with Crippen LogP contribution in [0.2, 0.25) is 5.02 Å². The van der Waals surface area contributed by atoms with E-state index in [1.54, 1.807) is 12.1 Å². The van der Waals surface area contributed by atoms with Crippen molar-refractivity contribution < 1.29 is 9.53 Å². The molecule has 0 aliphatic carbocycles. The number of guanidine groups is 1. The first-order valence-corrected chi connectivity index (χ1v) is 4.92. The van der Waals surface area contributed by atoms with Crippen LogP contribution in [0.15, 0.2) is 28.4 Å². The maximum Gasteiger partial charge on any atom is 0.339 e. The van der Waals surface area contributed by atoms with E-state index in [2.05, 4.69) is 14.9 Å². The van der Waals surface area contributed by atoms with E-state index in [9.17, 15) is 4.79 Å². The molecule has 0 bridgehead atoms. The van der Waals surface area contributed by atoms with Crippen LogP contribution < -0.4 is 11.5 Å². The SMILES string of the molecule is COC(=O)c1ccc(C=NN=C(N)N)cc1Cl. The number of hydrogen-bond acceptors (Lipinski definition) is 4. The second-order valence-corrected chi connectivity index (χ2v) is 3.41. The number of rotatable bonds is 3. The molecule has 0 aliphatic rings. The summed E-state index contributed by atoms with van der Waals surface area (Å²) < 4.78 is 4.56. The van der Waals surface area contributed by atoms with Crippen LogP contribution in [0, 0.1) is 0 Å². The summed E-state index contributed by atoms with van der Waals surface area (Å²) in [7, 11) is 1.28. The summed E-state index contributed by atoms with van der Waals surface area (Å²) >= 11 is 5.90. The van der Waals surface area contributed by atoms with Crippen molar-refractivity contribution >= 4 is 29.7 Å². The molecule has 4 N–H and O–H groups in total. The average molecular weight is 255 g/mol. The predicted octanol–water partition coefficient (Wildman–Crippen LogP) is 0.734. The Morgan fingerprint density at radius 3 is 2.71 bits per heavy atom. The second kappa shape index (κ2) is 5.86. The Kier molecular flexibility index (Phi) is 4.47. The van der Waals surface area contributed by atoms with Crippen molar-refractivity contribution in [1.82, 2.24) is 0 Å². The number of nitrogens with two attached hydrogens (primary N) is 2. The number of nitrogens with zero attached hydrogens (tertiary/aromatic N) is 2. The van der Waals surface area contributed by atoms with Crippen molar-refractivity contribution in [1.29, 1.82) is 0 Å². The van der Waals surface area contributed by atoms with Gasteiger partial charge in [-0.05, 0) is 17.7 Å². The molecule has 6 nitrogen and oxygen atoms in total. The van der Waals surface area contributed by atoms with Gasteiger partial charge in [0, 0.05) is 0 Å². The number of methoxy groups -OCH3 is 1. The Morgan fingerprint density at radius 1 is 1.47 bits per heavy atom. The molecule has 0 heterocycles. The molecular formula is C10H11ClN4O2. The van der Waals surface area contributed by atoms with Crippen LogP contribution in [0.4, 0.5) is 0 Å². The zero-order chi connectivity index (χ0) is 12.8. The topological polar surface area (TPSA) is 103 Å². The molecule has 1 aromatic carbocycles. The molecule has 1 aromatic rings. The predicted molar refractivity (Wildman–Crippen MR) is 66.2 cm³/mol. The van der Waals surface area contributed by atoms with Gasteiger partial charge in [0.1, 0.15) is 0 Å². The number of halogens is 1. The number of benzene rings is 1. The van der Waals surface area contributed by atoms with Gasteiger partial charge in [-0.3, -0.25) is 0 Å². The fourth-order valence-electron chi connectivity index (χ4n) is 1.05. The molecule has 0 spiro atoms. The number of carbonyl (C=O) groups is 1. The minimum absolute atomic E-state index is 0.140. The van der Waals surface area contributed by atoms with Gasteiger partial charge in [0.2, 0.25) is 5.96 Å². The summed E-state index contributed by atoms with van der Waals surface area (Å²) in [6.45, 7) is 0. The monoisotopic (exact) mass is 254 g/mol. The van der Waals surface area contributed by atoms with Crippen molar-refractivity contribution in [3.05, 3.63) is 34.3 Å². The molecule has 0 saturated carbocycles. The normalized spacial score (nSPS) is 10.2. The van der Waals surface area contributed by atoms with E-state index in [0.29, 0.717) is 5.56 Å². The van der Waals surface area contributed by atoms with E-state index in [4.69, 9.17) is 23.1 Å². The van der Waals surface area contributed by atoms with Crippen molar-refractivity contribution in [2.45, 2.75) is 0 Å². The Labute approximate surface area is 103 Å². The van der Waals surface area contributed by atoms with Crippen LogP contribution in [-0.4, -0.2) is 25.3 Å². The molecular weight excluding hydrogens is 244 g/mol. The van der Waals surface area contributed by atoms with Crippen molar-refractivity contribution in [2.75, 3.05) is 7.11 Å². The average Bonchev–Trinajstić information content (AvgIpc) is 2.28. The zero-order valence-electron chi connectivity index (χ0n) is 9.05. The molecule has 90 valence electrons. The van der Waals surface area contributed by atoms with E-state index in [0.717, 1.165) is 0 Å². The third-order valence-electron chi connectivity index (χ3n) is 1.78. The lowest BCUT2D eigenvalue weighted by molar-refractivity contribution is 0.0601. The van der Waals surface area contributed by atoms with Crippen molar-refractivity contribution in [3.63, 3.8) is 0 Å². The molecule has 17 heavy (non-hydrogen) atoms. The van der Waals surface area contributed by atoms with E-state index in [-0.39, 0.29) is 16.5 Å². The lowest BCUT2D eigenvalue weighted by atomic mass is 10.1. The standard InChI is InChI=1S/C10H11ClN4O2/c1-17-9(16)7-3-2-6(4-8(7)11)5-14-15-10(12)13/h2-5H,1H3,(H4,12,13,15). The second-order valence-electron chi connectivity index (χ2n) is 3.00. The smallest absolute Gasteiger partial charge is 0.339 e. The third-order valence-corrected chi connectivity index (χ3v) is 2.09.